The molecule has 2 aromatic carbocycles. The minimum Gasteiger partial charge on any atom is -0.336 e. The molecule has 0 aliphatic rings. The smallest absolute Gasteiger partial charge is 0.248 e. The molecule has 0 saturated heterocycles. The number of carbonyl (C=O) groups excluding carboxylic acids is 1. The van der Waals surface area contributed by atoms with Crippen LogP contribution in [0.5, 0.6) is 0 Å². The van der Waals surface area contributed by atoms with Crippen LogP contribution in [0.25, 0.3) is 22.5 Å². The Labute approximate surface area is 179 Å². The number of anilines is 2. The van der Waals surface area contributed by atoms with Gasteiger partial charge < -0.3 is 4.52 Å². The van der Waals surface area contributed by atoms with Crippen molar-refractivity contribution in [3.63, 3.8) is 0 Å². The molecule has 30 heavy (non-hydrogen) atoms. The van der Waals surface area contributed by atoms with Crippen LogP contribution in [0.3, 0.4) is 0 Å². The summed E-state index contributed by atoms with van der Waals surface area (Å²) in [4.78, 5) is 22.5. The molecule has 6 nitrogen and oxygen atoms in total. The molecule has 4 rings (SSSR count). The molecule has 0 atom stereocenters. The molecule has 0 fully saturated rings. The predicted octanol–water partition coefficient (Wildman–Crippen LogP) is 5.75. The quantitative estimate of drug-likeness (QED) is 0.421. The number of benzene rings is 2. The van der Waals surface area contributed by atoms with E-state index in [1.807, 2.05) is 38.1 Å². The Morgan fingerprint density at radius 1 is 1.07 bits per heavy atom. The molecule has 4 aromatic rings. The van der Waals surface area contributed by atoms with Crippen molar-refractivity contribution >= 4 is 29.1 Å². The molecule has 7 heteroatoms. The van der Waals surface area contributed by atoms with Crippen LogP contribution in [-0.4, -0.2) is 21.0 Å². The standard InChI is InChI=1S/C23H19ClN4O2/c1-14-8-9-17(12-15(14)2)22-21(19-10-11-25-13-26-19)23(30-27-22)28(16(3)29)20-7-5-4-6-18(20)24/h4-13H,1-3H3. The zero-order valence-electron chi connectivity index (χ0n) is 16.8. The maximum atomic E-state index is 12.7. The molecule has 0 radical (unpaired) electrons. The minimum atomic E-state index is -0.263. The average Bonchev–Trinajstić information content (AvgIpc) is 3.16. The Morgan fingerprint density at radius 3 is 2.53 bits per heavy atom. The molecule has 0 aliphatic carbocycles. The van der Waals surface area contributed by atoms with Crippen LogP contribution < -0.4 is 4.90 Å². The van der Waals surface area contributed by atoms with Gasteiger partial charge in [0.25, 0.3) is 0 Å². The normalized spacial score (nSPS) is 10.8. The Hall–Kier alpha value is -3.51. The van der Waals surface area contributed by atoms with E-state index < -0.39 is 0 Å². The van der Waals surface area contributed by atoms with Gasteiger partial charge in [-0.2, -0.15) is 0 Å². The van der Waals surface area contributed by atoms with Crippen LogP contribution in [0.15, 0.2) is 65.6 Å². The SMILES string of the molecule is CC(=O)N(c1ccccc1Cl)c1onc(-c2ccc(C)c(C)c2)c1-c1ccncn1. The predicted molar refractivity (Wildman–Crippen MR) is 117 cm³/mol. The van der Waals surface area contributed by atoms with E-state index in [9.17, 15) is 4.79 Å². The minimum absolute atomic E-state index is 0.252. The van der Waals surface area contributed by atoms with Gasteiger partial charge in [-0.25, -0.2) is 14.9 Å². The second-order valence-electron chi connectivity index (χ2n) is 6.91. The monoisotopic (exact) mass is 418 g/mol. The van der Waals surface area contributed by atoms with Crippen LogP contribution in [-0.2, 0) is 4.79 Å². The summed E-state index contributed by atoms with van der Waals surface area (Å²) in [6.45, 7) is 5.54. The second-order valence-corrected chi connectivity index (χ2v) is 7.32. The van der Waals surface area contributed by atoms with Crippen molar-refractivity contribution in [2.45, 2.75) is 20.8 Å². The Bertz CT molecular complexity index is 1220. The van der Waals surface area contributed by atoms with Gasteiger partial charge in [0.1, 0.15) is 12.0 Å². The summed E-state index contributed by atoms with van der Waals surface area (Å²) in [7, 11) is 0. The summed E-state index contributed by atoms with van der Waals surface area (Å²) in [6.07, 6.45) is 3.08. The number of hydrogen-bond donors (Lipinski definition) is 0. The zero-order valence-corrected chi connectivity index (χ0v) is 17.5. The van der Waals surface area contributed by atoms with Gasteiger partial charge in [-0.1, -0.05) is 41.0 Å². The lowest BCUT2D eigenvalue weighted by Crippen LogP contribution is -2.23. The third-order valence-electron chi connectivity index (χ3n) is 4.90. The molecule has 0 saturated carbocycles. The molecule has 1 amide bonds. The molecule has 0 spiro atoms. The van der Waals surface area contributed by atoms with Gasteiger partial charge in [-0.15, -0.1) is 0 Å². The summed E-state index contributed by atoms with van der Waals surface area (Å²) in [5.41, 5.74) is 5.44. The number of aryl methyl sites for hydroxylation is 2. The van der Waals surface area contributed by atoms with E-state index in [4.69, 9.17) is 16.1 Å². The fourth-order valence-electron chi connectivity index (χ4n) is 3.24. The number of para-hydroxylation sites is 1. The van der Waals surface area contributed by atoms with Crippen molar-refractivity contribution < 1.29 is 9.32 Å². The molecular weight excluding hydrogens is 400 g/mol. The van der Waals surface area contributed by atoms with Crippen molar-refractivity contribution in [3.05, 3.63) is 77.2 Å². The fourth-order valence-corrected chi connectivity index (χ4v) is 3.46. The maximum absolute atomic E-state index is 12.7. The van der Waals surface area contributed by atoms with E-state index in [0.29, 0.717) is 27.7 Å². The lowest BCUT2D eigenvalue weighted by Gasteiger charge is -2.20. The number of nitrogens with zero attached hydrogens (tertiary/aromatic N) is 4. The molecule has 2 aromatic heterocycles. The number of halogens is 1. The molecule has 0 bridgehead atoms. The number of hydrogen-bond acceptors (Lipinski definition) is 5. The topological polar surface area (TPSA) is 72.1 Å². The molecule has 2 heterocycles. The van der Waals surface area contributed by atoms with E-state index in [-0.39, 0.29) is 11.8 Å². The van der Waals surface area contributed by atoms with Crippen molar-refractivity contribution in [3.8, 4) is 22.5 Å². The van der Waals surface area contributed by atoms with Gasteiger partial charge >= 0.3 is 0 Å². The van der Waals surface area contributed by atoms with Crippen LogP contribution in [0.4, 0.5) is 11.6 Å². The summed E-state index contributed by atoms with van der Waals surface area (Å²) in [5, 5.41) is 4.74. The fraction of sp³-hybridized carbons (Fsp3) is 0.130. The lowest BCUT2D eigenvalue weighted by atomic mass is 10.0. The van der Waals surface area contributed by atoms with Crippen molar-refractivity contribution in [2.75, 3.05) is 4.90 Å². The number of rotatable bonds is 4. The van der Waals surface area contributed by atoms with Gasteiger partial charge in [0.2, 0.25) is 11.8 Å². The lowest BCUT2D eigenvalue weighted by molar-refractivity contribution is -0.116. The van der Waals surface area contributed by atoms with Crippen LogP contribution in [0.2, 0.25) is 5.02 Å². The highest BCUT2D eigenvalue weighted by Gasteiger charge is 2.29. The number of aromatic nitrogens is 3. The van der Waals surface area contributed by atoms with Crippen molar-refractivity contribution in [2.24, 2.45) is 0 Å². The highest BCUT2D eigenvalue weighted by Crippen LogP contribution is 2.43. The van der Waals surface area contributed by atoms with Crippen molar-refractivity contribution in [1.82, 2.24) is 15.1 Å². The van der Waals surface area contributed by atoms with Crippen LogP contribution >= 0.6 is 11.6 Å². The highest BCUT2D eigenvalue weighted by atomic mass is 35.5. The zero-order chi connectivity index (χ0) is 21.3. The summed E-state index contributed by atoms with van der Waals surface area (Å²) < 4.78 is 5.74. The first kappa shape index (κ1) is 19.8. The first-order valence-electron chi connectivity index (χ1n) is 9.36. The maximum Gasteiger partial charge on any atom is 0.248 e. The van der Waals surface area contributed by atoms with Gasteiger partial charge in [0, 0.05) is 18.7 Å². The van der Waals surface area contributed by atoms with Gasteiger partial charge in [-0.05, 0) is 49.2 Å². The molecule has 150 valence electrons. The summed E-state index contributed by atoms with van der Waals surface area (Å²) in [5.74, 6) is -0.0104. The first-order valence-corrected chi connectivity index (χ1v) is 9.74. The van der Waals surface area contributed by atoms with Gasteiger partial charge in [0.15, 0.2) is 0 Å². The number of amides is 1. The van der Waals surface area contributed by atoms with Gasteiger partial charge in [0.05, 0.1) is 22.0 Å². The number of carbonyl (C=O) groups is 1. The van der Waals surface area contributed by atoms with E-state index in [1.54, 1.807) is 30.5 Å². The van der Waals surface area contributed by atoms with E-state index in [0.717, 1.165) is 11.1 Å². The van der Waals surface area contributed by atoms with Crippen molar-refractivity contribution in [1.29, 1.82) is 0 Å². The Morgan fingerprint density at radius 2 is 1.87 bits per heavy atom. The largest absolute Gasteiger partial charge is 0.336 e. The second kappa shape index (κ2) is 8.08. The Balaban J connectivity index is 1.98. The van der Waals surface area contributed by atoms with Crippen LogP contribution in [0.1, 0.15) is 18.1 Å². The Kier molecular flexibility index (Phi) is 5.33. The molecule has 0 unspecified atom stereocenters. The van der Waals surface area contributed by atoms with E-state index >= 15 is 0 Å². The molecular formula is C23H19ClN4O2. The third-order valence-corrected chi connectivity index (χ3v) is 5.22. The highest BCUT2D eigenvalue weighted by molar-refractivity contribution is 6.34. The summed E-state index contributed by atoms with van der Waals surface area (Å²) >= 11 is 6.39. The summed E-state index contributed by atoms with van der Waals surface area (Å²) in [6, 6.07) is 14.9. The third kappa shape index (κ3) is 3.57. The molecule has 0 N–H and O–H groups in total. The van der Waals surface area contributed by atoms with E-state index in [1.165, 1.54) is 23.7 Å². The van der Waals surface area contributed by atoms with E-state index in [2.05, 4.69) is 15.1 Å². The van der Waals surface area contributed by atoms with Gasteiger partial charge in [-0.3, -0.25) is 4.79 Å². The molecule has 0 aliphatic heterocycles. The average molecular weight is 419 g/mol. The van der Waals surface area contributed by atoms with Crippen LogP contribution in [0, 0.1) is 13.8 Å². The first-order chi connectivity index (χ1) is 14.5.